The standard InChI is InChI=1S/C54H44N2O2/c1-3-15-33(16-4-1)49-51-41-31-35(55-43-23-11-7-19-37(43)38-20-8-12-24-44(38)55)27-29-47(41)57-53(51)50(34-17-5-2-6-18-34)54-52(49)42-32-36(28-30-48(42)58-54)56-45-25-13-9-21-39(45)40-22-10-14-26-46(40)56/h7-14,19-34H,1-6,15-18H2. The Morgan fingerprint density at radius 3 is 1.12 bits per heavy atom. The van der Waals surface area contributed by atoms with Crippen LogP contribution in [-0.2, 0) is 0 Å². The molecule has 282 valence electrons. The summed E-state index contributed by atoms with van der Waals surface area (Å²) in [4.78, 5) is 0. The van der Waals surface area contributed by atoms with Crippen molar-refractivity contribution in [3.63, 3.8) is 0 Å². The molecule has 2 aliphatic rings. The van der Waals surface area contributed by atoms with E-state index in [1.807, 2.05) is 0 Å². The third-order valence-corrected chi connectivity index (χ3v) is 14.1. The maximum Gasteiger partial charge on any atom is 0.142 e. The molecule has 13 rings (SSSR count). The quantitative estimate of drug-likeness (QED) is 0.179. The maximum absolute atomic E-state index is 7.23. The highest BCUT2D eigenvalue weighted by molar-refractivity contribution is 6.21. The van der Waals surface area contributed by atoms with Crippen molar-refractivity contribution in [3.05, 3.63) is 145 Å². The summed E-state index contributed by atoms with van der Waals surface area (Å²) in [6, 6.07) is 49.2. The predicted molar refractivity (Wildman–Crippen MR) is 241 cm³/mol. The molecule has 4 heteroatoms. The van der Waals surface area contributed by atoms with Crippen molar-refractivity contribution in [2.45, 2.75) is 76.0 Å². The van der Waals surface area contributed by atoms with E-state index in [1.54, 1.807) is 0 Å². The number of para-hydroxylation sites is 4. The van der Waals surface area contributed by atoms with Crippen molar-refractivity contribution >= 4 is 87.5 Å². The number of aromatic nitrogens is 2. The van der Waals surface area contributed by atoms with Crippen LogP contribution in [0, 0.1) is 0 Å². The van der Waals surface area contributed by atoms with Crippen molar-refractivity contribution in [2.24, 2.45) is 0 Å². The Hall–Kier alpha value is -6.26. The molecule has 2 saturated carbocycles. The molecule has 0 atom stereocenters. The largest absolute Gasteiger partial charge is 0.456 e. The lowest BCUT2D eigenvalue weighted by atomic mass is 9.77. The van der Waals surface area contributed by atoms with Crippen LogP contribution < -0.4 is 0 Å². The summed E-state index contributed by atoms with van der Waals surface area (Å²) in [5.74, 6) is 0.823. The van der Waals surface area contributed by atoms with E-state index >= 15 is 0 Å². The maximum atomic E-state index is 7.23. The zero-order valence-corrected chi connectivity index (χ0v) is 32.6. The summed E-state index contributed by atoms with van der Waals surface area (Å²) in [5.41, 5.74) is 14.1. The molecule has 7 aromatic carbocycles. The van der Waals surface area contributed by atoms with Gasteiger partial charge in [-0.2, -0.15) is 0 Å². The third kappa shape index (κ3) is 4.63. The lowest BCUT2D eigenvalue weighted by molar-refractivity contribution is 0.439. The van der Waals surface area contributed by atoms with Crippen LogP contribution in [0.3, 0.4) is 0 Å². The van der Waals surface area contributed by atoms with Gasteiger partial charge >= 0.3 is 0 Å². The fraction of sp³-hybridized carbons (Fsp3) is 0.222. The van der Waals surface area contributed by atoms with Gasteiger partial charge in [-0.05, 0) is 104 Å². The van der Waals surface area contributed by atoms with E-state index in [0.29, 0.717) is 11.8 Å². The van der Waals surface area contributed by atoms with Gasteiger partial charge in [0.05, 0.1) is 22.1 Å². The minimum atomic E-state index is 0.397. The first-order chi connectivity index (χ1) is 28.8. The molecule has 0 bridgehead atoms. The normalized spacial score (nSPS) is 16.1. The number of fused-ring (bicyclic) bond motifs is 12. The number of benzene rings is 7. The molecule has 0 radical (unpaired) electrons. The van der Waals surface area contributed by atoms with Crippen LogP contribution >= 0.6 is 0 Å². The van der Waals surface area contributed by atoms with Gasteiger partial charge in [0.1, 0.15) is 22.3 Å². The average Bonchev–Trinajstić information content (AvgIpc) is 4.04. The van der Waals surface area contributed by atoms with Crippen LogP contribution in [0.1, 0.15) is 87.2 Å². The lowest BCUT2D eigenvalue weighted by Gasteiger charge is -2.26. The number of furan rings is 2. The molecule has 0 amide bonds. The lowest BCUT2D eigenvalue weighted by Crippen LogP contribution is -2.09. The van der Waals surface area contributed by atoms with Crippen LogP contribution in [0.4, 0.5) is 0 Å². The Morgan fingerprint density at radius 2 is 0.724 bits per heavy atom. The SMILES string of the molecule is c1ccc2c(c1)c1ccccc1n2-c1ccc2oc3c(C4CCCCC4)c4oc5ccc(-n6c7ccccc7c7ccccc76)cc5c4c(C4CCCCC4)c3c2c1. The fourth-order valence-corrected chi connectivity index (χ4v) is 11.6. The Labute approximate surface area is 336 Å². The molecule has 0 N–H and O–H groups in total. The van der Waals surface area contributed by atoms with Gasteiger partial charge in [-0.25, -0.2) is 0 Å². The fourth-order valence-electron chi connectivity index (χ4n) is 11.6. The summed E-state index contributed by atoms with van der Waals surface area (Å²) in [6.45, 7) is 0. The molecule has 58 heavy (non-hydrogen) atoms. The number of hydrogen-bond donors (Lipinski definition) is 0. The van der Waals surface area contributed by atoms with E-state index in [4.69, 9.17) is 8.83 Å². The summed E-state index contributed by atoms with van der Waals surface area (Å²) in [7, 11) is 0. The first-order valence-corrected chi connectivity index (χ1v) is 21.7. The molecule has 4 aromatic heterocycles. The third-order valence-electron chi connectivity index (χ3n) is 14.1. The highest BCUT2D eigenvalue weighted by atomic mass is 16.3. The van der Waals surface area contributed by atoms with E-state index in [9.17, 15) is 0 Å². The Balaban J connectivity index is 1.16. The van der Waals surface area contributed by atoms with Crippen LogP contribution in [0.2, 0.25) is 0 Å². The topological polar surface area (TPSA) is 36.1 Å². The summed E-state index contributed by atoms with van der Waals surface area (Å²) >= 11 is 0. The zero-order chi connectivity index (χ0) is 37.9. The van der Waals surface area contributed by atoms with Gasteiger partial charge < -0.3 is 18.0 Å². The van der Waals surface area contributed by atoms with Gasteiger partial charge in [-0.1, -0.05) is 111 Å². The summed E-state index contributed by atoms with van der Waals surface area (Å²) in [6.07, 6.45) is 12.3. The molecule has 0 saturated heterocycles. The van der Waals surface area contributed by atoms with Crippen LogP contribution in [0.5, 0.6) is 0 Å². The zero-order valence-electron chi connectivity index (χ0n) is 32.6. The number of nitrogens with zero attached hydrogens (tertiary/aromatic N) is 2. The molecule has 0 spiro atoms. The monoisotopic (exact) mass is 752 g/mol. The molecule has 0 aliphatic heterocycles. The van der Waals surface area contributed by atoms with Gasteiger partial charge in [0.25, 0.3) is 0 Å². The predicted octanol–water partition coefficient (Wildman–Crippen LogP) is 15.8. The van der Waals surface area contributed by atoms with Gasteiger partial charge in [0.2, 0.25) is 0 Å². The average molecular weight is 753 g/mol. The molecule has 2 aliphatic carbocycles. The van der Waals surface area contributed by atoms with Crippen molar-refractivity contribution in [3.8, 4) is 11.4 Å². The van der Waals surface area contributed by atoms with Crippen LogP contribution in [-0.4, -0.2) is 9.13 Å². The second-order valence-corrected chi connectivity index (χ2v) is 17.2. The Morgan fingerprint density at radius 1 is 0.362 bits per heavy atom. The van der Waals surface area contributed by atoms with Crippen LogP contribution in [0.15, 0.2) is 142 Å². The number of hydrogen-bond acceptors (Lipinski definition) is 2. The van der Waals surface area contributed by atoms with E-state index in [1.165, 1.54) is 152 Å². The van der Waals surface area contributed by atoms with Crippen LogP contribution in [0.25, 0.3) is 98.9 Å². The summed E-state index contributed by atoms with van der Waals surface area (Å²) < 4.78 is 19.4. The molecule has 2 fully saturated rings. The van der Waals surface area contributed by atoms with Gasteiger partial charge in [0, 0.05) is 60.0 Å². The van der Waals surface area contributed by atoms with E-state index in [2.05, 4.69) is 143 Å². The first-order valence-electron chi connectivity index (χ1n) is 21.7. The van der Waals surface area contributed by atoms with E-state index < -0.39 is 0 Å². The van der Waals surface area contributed by atoms with Gasteiger partial charge in [-0.15, -0.1) is 0 Å². The summed E-state index contributed by atoms with van der Waals surface area (Å²) in [5, 5.41) is 10.2. The highest BCUT2D eigenvalue weighted by Gasteiger charge is 2.33. The highest BCUT2D eigenvalue weighted by Crippen LogP contribution is 2.53. The minimum Gasteiger partial charge on any atom is -0.456 e. The number of rotatable bonds is 4. The van der Waals surface area contributed by atoms with Crippen molar-refractivity contribution in [2.75, 3.05) is 0 Å². The van der Waals surface area contributed by atoms with Crippen molar-refractivity contribution in [1.29, 1.82) is 0 Å². The molecule has 0 unspecified atom stereocenters. The second-order valence-electron chi connectivity index (χ2n) is 17.2. The van der Waals surface area contributed by atoms with Crippen molar-refractivity contribution < 1.29 is 8.83 Å². The minimum absolute atomic E-state index is 0.397. The van der Waals surface area contributed by atoms with E-state index in [0.717, 1.165) is 22.3 Å². The molecule has 4 nitrogen and oxygen atoms in total. The van der Waals surface area contributed by atoms with Gasteiger partial charge in [-0.3, -0.25) is 0 Å². The molecule has 11 aromatic rings. The first kappa shape index (κ1) is 32.8. The molecule has 4 heterocycles. The molecular weight excluding hydrogens is 709 g/mol. The second kappa shape index (κ2) is 12.6. The molecular formula is C54H44N2O2. The van der Waals surface area contributed by atoms with Gasteiger partial charge in [0.15, 0.2) is 0 Å². The van der Waals surface area contributed by atoms with Crippen molar-refractivity contribution in [1.82, 2.24) is 9.13 Å². The van der Waals surface area contributed by atoms with E-state index in [-0.39, 0.29) is 0 Å². The Bertz CT molecular complexity index is 3110. The smallest absolute Gasteiger partial charge is 0.142 e. The Kier molecular flexibility index (Phi) is 7.13.